The first kappa shape index (κ1) is 14.0. The molecule has 3 heteroatoms. The summed E-state index contributed by atoms with van der Waals surface area (Å²) in [6, 6.07) is 7.25. The molecule has 0 amide bonds. The average Bonchev–Trinajstić information content (AvgIpc) is 3.02. The molecule has 110 valence electrons. The van der Waals surface area contributed by atoms with Crippen LogP contribution in [-0.2, 0) is 0 Å². The van der Waals surface area contributed by atoms with Crippen LogP contribution in [0.3, 0.4) is 0 Å². The third-order valence-corrected chi connectivity index (χ3v) is 5.17. The van der Waals surface area contributed by atoms with E-state index in [0.717, 1.165) is 30.4 Å². The van der Waals surface area contributed by atoms with Crippen LogP contribution in [0.4, 0.5) is 4.39 Å². The Balaban J connectivity index is 1.55. The fraction of sp³-hybridized carbons (Fsp3) is 0.647. The van der Waals surface area contributed by atoms with Gasteiger partial charge in [0.15, 0.2) is 0 Å². The summed E-state index contributed by atoms with van der Waals surface area (Å²) in [4.78, 5) is 2.58. The Morgan fingerprint density at radius 2 is 1.95 bits per heavy atom. The zero-order valence-corrected chi connectivity index (χ0v) is 12.3. The van der Waals surface area contributed by atoms with Crippen LogP contribution in [0, 0.1) is 17.7 Å². The molecule has 0 aromatic heterocycles. The molecule has 1 heterocycles. The normalized spacial score (nSPS) is 27.7. The lowest BCUT2D eigenvalue weighted by atomic mass is 10.0. The molecule has 0 radical (unpaired) electrons. The largest absolute Gasteiger partial charge is 0.313 e. The maximum Gasteiger partial charge on any atom is 0.127 e. The van der Waals surface area contributed by atoms with Gasteiger partial charge in [-0.05, 0) is 50.8 Å². The van der Waals surface area contributed by atoms with Crippen molar-refractivity contribution in [2.75, 3.05) is 26.7 Å². The maximum absolute atomic E-state index is 13.9. The van der Waals surface area contributed by atoms with Gasteiger partial charge in [-0.3, -0.25) is 0 Å². The molecular formula is C17H25FN2. The number of fused-ring (bicyclic) bond motifs is 1. The quantitative estimate of drug-likeness (QED) is 0.888. The summed E-state index contributed by atoms with van der Waals surface area (Å²) in [5.41, 5.74) is 0.800. The molecule has 1 saturated heterocycles. The van der Waals surface area contributed by atoms with E-state index in [1.807, 2.05) is 19.2 Å². The Morgan fingerprint density at radius 3 is 2.60 bits per heavy atom. The lowest BCUT2D eigenvalue weighted by molar-refractivity contribution is 0.290. The van der Waals surface area contributed by atoms with E-state index in [1.165, 1.54) is 32.4 Å². The summed E-state index contributed by atoms with van der Waals surface area (Å²) in [5.74, 6) is 1.79. The molecule has 2 aliphatic rings. The average molecular weight is 276 g/mol. The number of halogens is 1. The highest BCUT2D eigenvalue weighted by Gasteiger charge is 2.35. The molecule has 1 aliphatic carbocycles. The van der Waals surface area contributed by atoms with Crippen molar-refractivity contribution < 1.29 is 4.39 Å². The van der Waals surface area contributed by atoms with Gasteiger partial charge in [-0.1, -0.05) is 24.6 Å². The van der Waals surface area contributed by atoms with Crippen molar-refractivity contribution in [3.8, 4) is 0 Å². The van der Waals surface area contributed by atoms with E-state index in [1.54, 1.807) is 12.1 Å². The maximum atomic E-state index is 13.9. The predicted molar refractivity (Wildman–Crippen MR) is 80.1 cm³/mol. The highest BCUT2D eigenvalue weighted by Crippen LogP contribution is 2.37. The topological polar surface area (TPSA) is 15.3 Å². The second kappa shape index (κ2) is 6.23. The Labute approximate surface area is 121 Å². The number of nitrogens with one attached hydrogen (secondary N) is 1. The van der Waals surface area contributed by atoms with E-state index in [9.17, 15) is 4.39 Å². The van der Waals surface area contributed by atoms with Crippen molar-refractivity contribution >= 4 is 0 Å². The fourth-order valence-electron chi connectivity index (χ4n) is 4.04. The minimum atomic E-state index is -0.0925. The first-order valence-electron chi connectivity index (χ1n) is 7.92. The third kappa shape index (κ3) is 2.89. The summed E-state index contributed by atoms with van der Waals surface area (Å²) in [5, 5.41) is 3.27. The smallest absolute Gasteiger partial charge is 0.127 e. The van der Waals surface area contributed by atoms with Gasteiger partial charge in [0.05, 0.1) is 0 Å². The molecule has 20 heavy (non-hydrogen) atoms. The second-order valence-electron chi connectivity index (χ2n) is 6.36. The zero-order valence-electron chi connectivity index (χ0n) is 12.3. The number of likely N-dealkylation sites (tertiary alicyclic amines) is 1. The Kier molecular flexibility index (Phi) is 4.37. The van der Waals surface area contributed by atoms with Crippen LogP contribution >= 0.6 is 0 Å². The molecule has 1 N–H and O–H groups in total. The molecule has 2 nitrogen and oxygen atoms in total. The Hall–Kier alpha value is -0.930. The zero-order chi connectivity index (χ0) is 13.9. The monoisotopic (exact) mass is 276 g/mol. The molecule has 0 spiro atoms. The molecule has 1 aromatic rings. The van der Waals surface area contributed by atoms with E-state index in [2.05, 4.69) is 10.2 Å². The van der Waals surface area contributed by atoms with Gasteiger partial charge in [0.1, 0.15) is 5.82 Å². The van der Waals surface area contributed by atoms with Crippen molar-refractivity contribution in [1.29, 1.82) is 0 Å². The number of nitrogens with zero attached hydrogens (tertiary/aromatic N) is 1. The van der Waals surface area contributed by atoms with Gasteiger partial charge in [0, 0.05) is 24.7 Å². The van der Waals surface area contributed by atoms with Crippen molar-refractivity contribution in [3.05, 3.63) is 35.6 Å². The molecular weight excluding hydrogens is 251 g/mol. The highest BCUT2D eigenvalue weighted by atomic mass is 19.1. The predicted octanol–water partition coefficient (Wildman–Crippen LogP) is 3.21. The van der Waals surface area contributed by atoms with Crippen LogP contribution in [0.5, 0.6) is 0 Å². The van der Waals surface area contributed by atoms with Crippen LogP contribution in [-0.4, -0.2) is 31.6 Å². The molecule has 2 fully saturated rings. The Bertz CT molecular complexity index is 436. The molecule has 0 bridgehead atoms. The lowest BCUT2D eigenvalue weighted by Crippen LogP contribution is -2.27. The van der Waals surface area contributed by atoms with Crippen LogP contribution in [0.1, 0.15) is 37.3 Å². The van der Waals surface area contributed by atoms with Crippen molar-refractivity contribution in [1.82, 2.24) is 10.2 Å². The summed E-state index contributed by atoms with van der Waals surface area (Å²) in [7, 11) is 1.93. The van der Waals surface area contributed by atoms with Crippen molar-refractivity contribution in [2.24, 2.45) is 11.8 Å². The molecule has 3 rings (SSSR count). The number of hydrogen-bond donors (Lipinski definition) is 1. The molecule has 1 aliphatic heterocycles. The van der Waals surface area contributed by atoms with Crippen LogP contribution in [0.2, 0.25) is 0 Å². The van der Waals surface area contributed by atoms with E-state index >= 15 is 0 Å². The molecule has 1 saturated carbocycles. The first-order valence-corrected chi connectivity index (χ1v) is 7.92. The van der Waals surface area contributed by atoms with E-state index in [0.29, 0.717) is 0 Å². The second-order valence-corrected chi connectivity index (χ2v) is 6.36. The summed E-state index contributed by atoms with van der Waals surface area (Å²) in [6.45, 7) is 3.60. The highest BCUT2D eigenvalue weighted by molar-refractivity contribution is 5.21. The fourth-order valence-corrected chi connectivity index (χ4v) is 4.04. The van der Waals surface area contributed by atoms with Gasteiger partial charge in [-0.15, -0.1) is 0 Å². The van der Waals surface area contributed by atoms with Gasteiger partial charge in [-0.2, -0.15) is 0 Å². The Morgan fingerprint density at radius 1 is 1.25 bits per heavy atom. The lowest BCUT2D eigenvalue weighted by Gasteiger charge is -2.22. The van der Waals surface area contributed by atoms with Crippen molar-refractivity contribution in [3.63, 3.8) is 0 Å². The van der Waals surface area contributed by atoms with Crippen LogP contribution < -0.4 is 5.32 Å². The third-order valence-electron chi connectivity index (χ3n) is 5.17. The SMILES string of the molecule is CNC(CCN1CC2CCCC2C1)c1ccccc1F. The molecule has 3 unspecified atom stereocenters. The van der Waals surface area contributed by atoms with Gasteiger partial charge in [0.25, 0.3) is 0 Å². The standard InChI is InChI=1S/C17H25FN2/c1-19-17(15-7-2-3-8-16(15)18)9-10-20-11-13-5-4-6-14(13)12-20/h2-3,7-8,13-14,17,19H,4-6,9-12H2,1H3. The molecule has 1 aromatic carbocycles. The van der Waals surface area contributed by atoms with Crippen LogP contribution in [0.15, 0.2) is 24.3 Å². The van der Waals surface area contributed by atoms with E-state index in [4.69, 9.17) is 0 Å². The minimum Gasteiger partial charge on any atom is -0.313 e. The van der Waals surface area contributed by atoms with Gasteiger partial charge in [-0.25, -0.2) is 4.39 Å². The van der Waals surface area contributed by atoms with Gasteiger partial charge < -0.3 is 10.2 Å². The molecule has 3 atom stereocenters. The summed E-state index contributed by atoms with van der Waals surface area (Å²) < 4.78 is 13.9. The van der Waals surface area contributed by atoms with Gasteiger partial charge in [0.2, 0.25) is 0 Å². The van der Waals surface area contributed by atoms with E-state index < -0.39 is 0 Å². The summed E-state index contributed by atoms with van der Waals surface area (Å²) >= 11 is 0. The number of rotatable bonds is 5. The van der Waals surface area contributed by atoms with Gasteiger partial charge >= 0.3 is 0 Å². The van der Waals surface area contributed by atoms with Crippen LogP contribution in [0.25, 0.3) is 0 Å². The summed E-state index contributed by atoms with van der Waals surface area (Å²) in [6.07, 6.45) is 5.25. The van der Waals surface area contributed by atoms with E-state index in [-0.39, 0.29) is 11.9 Å². The van der Waals surface area contributed by atoms with Crippen molar-refractivity contribution in [2.45, 2.75) is 31.7 Å². The number of hydrogen-bond acceptors (Lipinski definition) is 2. The first-order chi connectivity index (χ1) is 9.78. The number of benzene rings is 1. The minimum absolute atomic E-state index is 0.0925.